The summed E-state index contributed by atoms with van der Waals surface area (Å²) in [5.74, 6) is -0.228. The molecular weight excluding hydrogens is 315 g/mol. The minimum Gasteiger partial charge on any atom is -0.399 e. The molecule has 118 valence electrons. The third kappa shape index (κ3) is 7.00. The summed E-state index contributed by atoms with van der Waals surface area (Å²) >= 11 is 12.0. The average Bonchev–Trinajstić information content (AvgIpc) is 2.37. The molecule has 1 rings (SSSR count). The Hall–Kier alpha value is -1.01. The summed E-state index contributed by atoms with van der Waals surface area (Å²) in [5, 5.41) is 3.26. The minimum atomic E-state index is -0.228. The van der Waals surface area contributed by atoms with Crippen molar-refractivity contribution in [2.45, 2.75) is 26.4 Å². The normalized spacial score (nSPS) is 10.9. The predicted molar refractivity (Wildman–Crippen MR) is 86.0 cm³/mol. The number of rotatable bonds is 8. The van der Waals surface area contributed by atoms with Gasteiger partial charge in [-0.25, -0.2) is 0 Å². The van der Waals surface area contributed by atoms with Gasteiger partial charge in [-0.15, -0.1) is 0 Å². The number of carbonyl (C=O) groups excluding carboxylic acids is 1. The van der Waals surface area contributed by atoms with Crippen LogP contribution in [-0.2, 0) is 14.3 Å². The highest BCUT2D eigenvalue weighted by Gasteiger charge is 2.10. The summed E-state index contributed by atoms with van der Waals surface area (Å²) in [4.78, 5) is 11.8. The van der Waals surface area contributed by atoms with Crippen molar-refractivity contribution in [3.8, 4) is 0 Å². The molecule has 0 spiro atoms. The van der Waals surface area contributed by atoms with Crippen molar-refractivity contribution in [3.05, 3.63) is 22.2 Å². The first-order chi connectivity index (χ1) is 9.90. The van der Waals surface area contributed by atoms with Crippen LogP contribution in [0.5, 0.6) is 0 Å². The Balaban J connectivity index is 2.31. The summed E-state index contributed by atoms with van der Waals surface area (Å²) in [7, 11) is 0. The molecule has 0 unspecified atom stereocenters. The van der Waals surface area contributed by atoms with Gasteiger partial charge in [0.05, 0.1) is 48.1 Å². The lowest BCUT2D eigenvalue weighted by molar-refractivity contribution is -0.117. The summed E-state index contributed by atoms with van der Waals surface area (Å²) in [6.07, 6.45) is 0.380. The van der Waals surface area contributed by atoms with Gasteiger partial charge in [0.1, 0.15) is 0 Å². The van der Waals surface area contributed by atoms with Crippen LogP contribution in [0.1, 0.15) is 20.3 Å². The topological polar surface area (TPSA) is 73.6 Å². The standard InChI is InChI=1S/C14H20Cl2N2O3/c1-9(2)21-6-5-20-4-3-13(19)18-14-11(15)7-10(17)8-12(14)16/h7-9H,3-6,17H2,1-2H3,(H,18,19). The molecule has 5 nitrogen and oxygen atoms in total. The van der Waals surface area contributed by atoms with Crippen molar-refractivity contribution in [3.63, 3.8) is 0 Å². The number of nitrogens with two attached hydrogens (primary N) is 1. The second kappa shape index (κ2) is 9.10. The van der Waals surface area contributed by atoms with E-state index in [9.17, 15) is 4.79 Å². The zero-order valence-corrected chi connectivity index (χ0v) is 13.6. The number of ether oxygens (including phenoxy) is 2. The van der Waals surface area contributed by atoms with Crippen molar-refractivity contribution in [2.24, 2.45) is 0 Å². The highest BCUT2D eigenvalue weighted by molar-refractivity contribution is 6.40. The molecule has 0 aliphatic carbocycles. The summed E-state index contributed by atoms with van der Waals surface area (Å²) < 4.78 is 10.6. The van der Waals surface area contributed by atoms with E-state index < -0.39 is 0 Å². The van der Waals surface area contributed by atoms with Crippen molar-refractivity contribution in [1.29, 1.82) is 0 Å². The SMILES string of the molecule is CC(C)OCCOCCC(=O)Nc1c(Cl)cc(N)cc1Cl. The van der Waals surface area contributed by atoms with Gasteiger partial charge in [-0.1, -0.05) is 23.2 Å². The van der Waals surface area contributed by atoms with E-state index in [1.807, 2.05) is 13.8 Å². The number of hydrogen-bond acceptors (Lipinski definition) is 4. The summed E-state index contributed by atoms with van der Waals surface area (Å²) in [5.41, 5.74) is 6.40. The number of benzene rings is 1. The van der Waals surface area contributed by atoms with Crippen molar-refractivity contribution in [1.82, 2.24) is 0 Å². The Morgan fingerprint density at radius 1 is 1.24 bits per heavy atom. The number of amides is 1. The predicted octanol–water partition coefficient (Wildman–Crippen LogP) is 3.35. The first-order valence-corrected chi connectivity index (χ1v) is 7.39. The molecule has 0 aliphatic rings. The quantitative estimate of drug-likeness (QED) is 0.564. The third-order valence-electron chi connectivity index (χ3n) is 2.48. The third-order valence-corrected chi connectivity index (χ3v) is 3.08. The van der Waals surface area contributed by atoms with E-state index in [0.717, 1.165) is 0 Å². The minimum absolute atomic E-state index is 0.173. The molecule has 1 aromatic carbocycles. The van der Waals surface area contributed by atoms with Crippen LogP contribution in [0.4, 0.5) is 11.4 Å². The molecule has 21 heavy (non-hydrogen) atoms. The molecule has 0 fully saturated rings. The monoisotopic (exact) mass is 334 g/mol. The molecule has 0 saturated carbocycles. The first kappa shape index (κ1) is 18.0. The maximum atomic E-state index is 11.8. The molecule has 0 aliphatic heterocycles. The summed E-state index contributed by atoms with van der Waals surface area (Å²) in [6, 6.07) is 3.06. The number of hydrogen-bond donors (Lipinski definition) is 2. The molecule has 1 amide bonds. The van der Waals surface area contributed by atoms with Crippen LogP contribution in [0.3, 0.4) is 0 Å². The molecular formula is C14H20Cl2N2O3. The molecule has 0 radical (unpaired) electrons. The smallest absolute Gasteiger partial charge is 0.226 e. The Kier molecular flexibility index (Phi) is 7.82. The van der Waals surface area contributed by atoms with Gasteiger partial charge >= 0.3 is 0 Å². The van der Waals surface area contributed by atoms with Gasteiger partial charge in [0.15, 0.2) is 0 Å². The van der Waals surface area contributed by atoms with E-state index in [-0.39, 0.29) is 18.4 Å². The molecule has 0 heterocycles. The number of halogens is 2. The lowest BCUT2D eigenvalue weighted by atomic mass is 10.2. The van der Waals surface area contributed by atoms with Crippen LogP contribution in [-0.4, -0.2) is 31.8 Å². The first-order valence-electron chi connectivity index (χ1n) is 6.64. The van der Waals surface area contributed by atoms with E-state index in [2.05, 4.69) is 5.32 Å². The fourth-order valence-corrected chi connectivity index (χ4v) is 2.12. The second-order valence-electron chi connectivity index (χ2n) is 4.69. The van der Waals surface area contributed by atoms with Crippen molar-refractivity contribution in [2.75, 3.05) is 30.9 Å². The van der Waals surface area contributed by atoms with Gasteiger partial charge in [-0.05, 0) is 26.0 Å². The van der Waals surface area contributed by atoms with Gasteiger partial charge < -0.3 is 20.5 Å². The molecule has 1 aromatic rings. The fraction of sp³-hybridized carbons (Fsp3) is 0.500. The molecule has 0 bridgehead atoms. The van der Waals surface area contributed by atoms with Crippen LogP contribution in [0.25, 0.3) is 0 Å². The van der Waals surface area contributed by atoms with Crippen LogP contribution in [0, 0.1) is 0 Å². The van der Waals surface area contributed by atoms with Gasteiger partial charge in [-0.3, -0.25) is 4.79 Å². The summed E-state index contributed by atoms with van der Waals surface area (Å²) in [6.45, 7) is 5.17. The Bertz CT molecular complexity index is 458. The van der Waals surface area contributed by atoms with E-state index in [0.29, 0.717) is 41.2 Å². The van der Waals surface area contributed by atoms with E-state index in [4.69, 9.17) is 38.4 Å². The largest absolute Gasteiger partial charge is 0.399 e. The fourth-order valence-electron chi connectivity index (χ4n) is 1.52. The molecule has 7 heteroatoms. The van der Waals surface area contributed by atoms with Crippen LogP contribution < -0.4 is 11.1 Å². The van der Waals surface area contributed by atoms with Crippen molar-refractivity contribution >= 4 is 40.5 Å². The average molecular weight is 335 g/mol. The van der Waals surface area contributed by atoms with Crippen LogP contribution in [0.15, 0.2) is 12.1 Å². The van der Waals surface area contributed by atoms with Gasteiger partial charge in [0.25, 0.3) is 0 Å². The Labute approximate surface area is 134 Å². The maximum absolute atomic E-state index is 11.8. The highest BCUT2D eigenvalue weighted by Crippen LogP contribution is 2.32. The van der Waals surface area contributed by atoms with Gasteiger partial charge in [0, 0.05) is 5.69 Å². The number of carbonyl (C=O) groups is 1. The van der Waals surface area contributed by atoms with Gasteiger partial charge in [-0.2, -0.15) is 0 Å². The van der Waals surface area contributed by atoms with Crippen LogP contribution >= 0.6 is 23.2 Å². The Morgan fingerprint density at radius 3 is 2.43 bits per heavy atom. The number of anilines is 2. The lowest BCUT2D eigenvalue weighted by Gasteiger charge is -2.11. The lowest BCUT2D eigenvalue weighted by Crippen LogP contribution is -2.16. The van der Waals surface area contributed by atoms with Crippen LogP contribution in [0.2, 0.25) is 10.0 Å². The molecule has 0 aromatic heterocycles. The number of nitrogens with one attached hydrogen (secondary N) is 1. The van der Waals surface area contributed by atoms with E-state index >= 15 is 0 Å². The van der Waals surface area contributed by atoms with Crippen molar-refractivity contribution < 1.29 is 14.3 Å². The number of nitrogen functional groups attached to an aromatic ring is 1. The zero-order chi connectivity index (χ0) is 15.8. The van der Waals surface area contributed by atoms with E-state index in [1.54, 1.807) is 0 Å². The van der Waals surface area contributed by atoms with Gasteiger partial charge in [0.2, 0.25) is 5.91 Å². The molecule has 3 N–H and O–H groups in total. The Morgan fingerprint density at radius 2 is 1.86 bits per heavy atom. The second-order valence-corrected chi connectivity index (χ2v) is 5.50. The maximum Gasteiger partial charge on any atom is 0.226 e. The highest BCUT2D eigenvalue weighted by atomic mass is 35.5. The molecule has 0 atom stereocenters. The van der Waals surface area contributed by atoms with E-state index in [1.165, 1.54) is 12.1 Å². The zero-order valence-electron chi connectivity index (χ0n) is 12.1. The molecule has 0 saturated heterocycles.